The van der Waals surface area contributed by atoms with Crippen molar-refractivity contribution in [3.8, 4) is 56.7 Å². The van der Waals surface area contributed by atoms with Gasteiger partial charge in [-0.25, -0.2) is 4.98 Å². The van der Waals surface area contributed by atoms with Crippen LogP contribution in [0.25, 0.3) is 122 Å². The first-order chi connectivity index (χ1) is 31.3. The van der Waals surface area contributed by atoms with Gasteiger partial charge in [-0.3, -0.25) is 4.57 Å². The topological polar surface area (TPSA) is 61.7 Å². The Balaban J connectivity index is 1.18. The highest BCUT2D eigenvalue weighted by molar-refractivity contribution is 6.24. The molecular weight excluding hydrogens is 771 g/mol. The molecule has 294 valence electrons. The third kappa shape index (κ3) is 5.48. The Bertz CT molecular complexity index is 3850. The van der Waals surface area contributed by atoms with Gasteiger partial charge in [0, 0.05) is 54.6 Å². The van der Waals surface area contributed by atoms with Gasteiger partial charge in [0.2, 0.25) is 5.95 Å². The van der Waals surface area contributed by atoms with Crippen LogP contribution in [0.5, 0.6) is 0 Å². The first-order valence-electron chi connectivity index (χ1n) is 21.2. The highest BCUT2D eigenvalue weighted by Gasteiger charge is 2.26. The SMILES string of the molecule is c1ccc(-c2nc(-c3ccc4oc5ccccc5c4c3)nc(-n3c4ccccc4c4ccc5c6ccccc6n(-c6c(-c7ccccc7)cccc6-c6ccccc6)c5c43)n2)cc1. The Kier molecular flexibility index (Phi) is 7.80. The van der Waals surface area contributed by atoms with E-state index >= 15 is 0 Å². The van der Waals surface area contributed by atoms with E-state index in [0.29, 0.717) is 17.6 Å². The van der Waals surface area contributed by atoms with Crippen LogP contribution in [-0.4, -0.2) is 24.1 Å². The van der Waals surface area contributed by atoms with Crippen LogP contribution in [-0.2, 0) is 0 Å². The molecule has 13 aromatic rings. The zero-order valence-corrected chi connectivity index (χ0v) is 33.9. The van der Waals surface area contributed by atoms with Gasteiger partial charge in [0.1, 0.15) is 11.2 Å². The second kappa shape index (κ2) is 14.0. The maximum absolute atomic E-state index is 6.24. The van der Waals surface area contributed by atoms with Crippen molar-refractivity contribution < 1.29 is 4.42 Å². The lowest BCUT2D eigenvalue weighted by molar-refractivity contribution is 0.669. The summed E-state index contributed by atoms with van der Waals surface area (Å²) in [6.45, 7) is 0. The van der Waals surface area contributed by atoms with Crippen molar-refractivity contribution >= 4 is 65.6 Å². The minimum absolute atomic E-state index is 0.533. The van der Waals surface area contributed by atoms with E-state index in [-0.39, 0.29) is 0 Å². The fourth-order valence-corrected chi connectivity index (χ4v) is 9.60. The highest BCUT2D eigenvalue weighted by atomic mass is 16.3. The molecular formula is C57H35N5O. The molecule has 6 nitrogen and oxygen atoms in total. The Hall–Kier alpha value is -8.61. The second-order valence-electron chi connectivity index (χ2n) is 16.0. The molecule has 0 spiro atoms. The minimum atomic E-state index is 0.533. The summed E-state index contributed by atoms with van der Waals surface area (Å²) in [5, 5.41) is 6.58. The maximum Gasteiger partial charge on any atom is 0.238 e. The smallest absolute Gasteiger partial charge is 0.238 e. The predicted octanol–water partition coefficient (Wildman–Crippen LogP) is 14.6. The van der Waals surface area contributed by atoms with E-state index in [2.05, 4.69) is 173 Å². The quantitative estimate of drug-likeness (QED) is 0.168. The average Bonchev–Trinajstić information content (AvgIpc) is 4.02. The van der Waals surface area contributed by atoms with Crippen LogP contribution in [0.4, 0.5) is 0 Å². The third-order valence-corrected chi connectivity index (χ3v) is 12.4. The predicted molar refractivity (Wildman–Crippen MR) is 258 cm³/mol. The van der Waals surface area contributed by atoms with E-state index in [4.69, 9.17) is 19.4 Å². The molecule has 13 rings (SSSR count). The summed E-state index contributed by atoms with van der Waals surface area (Å²) in [4.78, 5) is 16.0. The Labute approximate surface area is 361 Å². The van der Waals surface area contributed by atoms with Gasteiger partial charge in [0.05, 0.1) is 27.8 Å². The number of furan rings is 1. The maximum atomic E-state index is 6.24. The first kappa shape index (κ1) is 35.2. The lowest BCUT2D eigenvalue weighted by Crippen LogP contribution is -2.07. The molecule has 0 saturated heterocycles. The van der Waals surface area contributed by atoms with Crippen molar-refractivity contribution in [3.63, 3.8) is 0 Å². The molecule has 0 bridgehead atoms. The zero-order chi connectivity index (χ0) is 41.4. The molecule has 0 N–H and O–H groups in total. The molecule has 0 aliphatic carbocycles. The van der Waals surface area contributed by atoms with Crippen LogP contribution in [0.3, 0.4) is 0 Å². The van der Waals surface area contributed by atoms with E-state index < -0.39 is 0 Å². The molecule has 0 saturated carbocycles. The summed E-state index contributed by atoms with van der Waals surface area (Å²) < 4.78 is 11.0. The number of fused-ring (bicyclic) bond motifs is 10. The molecule has 0 unspecified atom stereocenters. The summed E-state index contributed by atoms with van der Waals surface area (Å²) in [5.41, 5.74) is 13.3. The lowest BCUT2D eigenvalue weighted by atomic mass is 9.95. The largest absolute Gasteiger partial charge is 0.456 e. The highest BCUT2D eigenvalue weighted by Crippen LogP contribution is 2.45. The fraction of sp³-hybridized carbons (Fsp3) is 0. The van der Waals surface area contributed by atoms with Gasteiger partial charge in [-0.05, 0) is 47.5 Å². The normalized spacial score (nSPS) is 11.8. The molecule has 63 heavy (non-hydrogen) atoms. The number of hydrogen-bond acceptors (Lipinski definition) is 4. The Morgan fingerprint density at radius 2 is 0.810 bits per heavy atom. The second-order valence-corrected chi connectivity index (χ2v) is 16.0. The van der Waals surface area contributed by atoms with E-state index in [1.54, 1.807) is 0 Å². The number of hydrogen-bond donors (Lipinski definition) is 0. The summed E-state index contributed by atoms with van der Waals surface area (Å²) in [6, 6.07) is 74.6. The van der Waals surface area contributed by atoms with Gasteiger partial charge in [0.15, 0.2) is 11.6 Å². The van der Waals surface area contributed by atoms with Crippen molar-refractivity contribution in [1.82, 2.24) is 24.1 Å². The molecule has 0 atom stereocenters. The van der Waals surface area contributed by atoms with E-state index in [9.17, 15) is 0 Å². The van der Waals surface area contributed by atoms with Crippen LogP contribution in [0, 0.1) is 0 Å². The summed E-state index contributed by atoms with van der Waals surface area (Å²) in [6.07, 6.45) is 0. The van der Waals surface area contributed by atoms with Gasteiger partial charge in [0.25, 0.3) is 0 Å². The van der Waals surface area contributed by atoms with Crippen molar-refractivity contribution in [2.75, 3.05) is 0 Å². The molecule has 0 radical (unpaired) electrons. The summed E-state index contributed by atoms with van der Waals surface area (Å²) in [5.74, 6) is 1.70. The Morgan fingerprint density at radius 3 is 1.44 bits per heavy atom. The molecule has 0 amide bonds. The molecule has 0 aliphatic heterocycles. The molecule has 0 fully saturated rings. The van der Waals surface area contributed by atoms with Crippen LogP contribution in [0.15, 0.2) is 217 Å². The monoisotopic (exact) mass is 805 g/mol. The van der Waals surface area contributed by atoms with Crippen molar-refractivity contribution in [3.05, 3.63) is 212 Å². The molecule has 4 aromatic heterocycles. The number of rotatable bonds is 6. The van der Waals surface area contributed by atoms with Crippen molar-refractivity contribution in [2.45, 2.75) is 0 Å². The molecule has 6 heteroatoms. The van der Waals surface area contributed by atoms with Gasteiger partial charge >= 0.3 is 0 Å². The summed E-state index contributed by atoms with van der Waals surface area (Å²) >= 11 is 0. The van der Waals surface area contributed by atoms with E-state index in [0.717, 1.165) is 105 Å². The molecule has 4 heterocycles. The van der Waals surface area contributed by atoms with Crippen LogP contribution >= 0.6 is 0 Å². The standard InChI is InChI=1S/C57H35N5O/c1-4-17-36(18-5-1)40-26-16-27-41(37-19-6-2-7-20-37)52(40)61-48-28-13-10-23-42(48)45-32-33-46-43-24-11-14-29-49(43)62(54(46)53(45)61)57-59-55(38-21-8-3-9-22-38)58-56(60-57)39-31-34-51-47(35-39)44-25-12-15-30-50(44)63-51/h1-35H. The summed E-state index contributed by atoms with van der Waals surface area (Å²) in [7, 11) is 0. The number of benzene rings is 9. The fourth-order valence-electron chi connectivity index (χ4n) is 9.60. The van der Waals surface area contributed by atoms with Gasteiger partial charge in [-0.1, -0.05) is 176 Å². The first-order valence-corrected chi connectivity index (χ1v) is 21.2. The Morgan fingerprint density at radius 1 is 0.317 bits per heavy atom. The van der Waals surface area contributed by atoms with Gasteiger partial charge < -0.3 is 8.98 Å². The van der Waals surface area contributed by atoms with Crippen LogP contribution in [0.1, 0.15) is 0 Å². The van der Waals surface area contributed by atoms with Gasteiger partial charge in [-0.15, -0.1) is 0 Å². The molecule has 9 aromatic carbocycles. The van der Waals surface area contributed by atoms with E-state index in [1.807, 2.05) is 48.5 Å². The van der Waals surface area contributed by atoms with Crippen molar-refractivity contribution in [1.29, 1.82) is 0 Å². The van der Waals surface area contributed by atoms with Gasteiger partial charge in [-0.2, -0.15) is 9.97 Å². The zero-order valence-electron chi connectivity index (χ0n) is 33.9. The minimum Gasteiger partial charge on any atom is -0.456 e. The molecule has 0 aliphatic rings. The van der Waals surface area contributed by atoms with Crippen LogP contribution < -0.4 is 0 Å². The van der Waals surface area contributed by atoms with Crippen molar-refractivity contribution in [2.24, 2.45) is 0 Å². The third-order valence-electron chi connectivity index (χ3n) is 12.4. The van der Waals surface area contributed by atoms with Crippen LogP contribution in [0.2, 0.25) is 0 Å². The average molecular weight is 806 g/mol. The number of nitrogens with zero attached hydrogens (tertiary/aromatic N) is 5. The van der Waals surface area contributed by atoms with E-state index in [1.165, 1.54) is 0 Å². The number of aromatic nitrogens is 5. The lowest BCUT2D eigenvalue weighted by Gasteiger charge is -2.20. The number of para-hydroxylation sites is 4.